The number of benzene rings is 2. The first kappa shape index (κ1) is 18.2. The van der Waals surface area contributed by atoms with Gasteiger partial charge in [-0.05, 0) is 42.0 Å². The van der Waals surface area contributed by atoms with E-state index in [1.807, 2.05) is 6.07 Å². The van der Waals surface area contributed by atoms with Crippen molar-refractivity contribution in [1.29, 1.82) is 5.26 Å². The monoisotopic (exact) mass is 358 g/mol. The van der Waals surface area contributed by atoms with Crippen LogP contribution in [0.3, 0.4) is 0 Å². The molecule has 0 aliphatic carbocycles. The van der Waals surface area contributed by atoms with Gasteiger partial charge in [0, 0.05) is 11.8 Å². The Bertz CT molecular complexity index is 858. The van der Waals surface area contributed by atoms with Gasteiger partial charge in [0.25, 0.3) is 5.91 Å². The van der Waals surface area contributed by atoms with E-state index in [1.165, 1.54) is 48.5 Å². The van der Waals surface area contributed by atoms with Crippen molar-refractivity contribution in [3.8, 4) is 6.07 Å². The fourth-order valence-electron chi connectivity index (χ4n) is 1.80. The number of amides is 1. The minimum atomic E-state index is -0.711. The molecule has 126 valence electrons. The molecule has 0 saturated heterocycles. The Morgan fingerprint density at radius 3 is 2.60 bits per heavy atom. The Labute approximate surface area is 148 Å². The first-order valence-electron chi connectivity index (χ1n) is 7.08. The second kappa shape index (κ2) is 8.62. The molecule has 0 saturated carbocycles. The standard InChI is InChI=1S/C18H12ClFN2O3/c19-16-9-15(7-4-13(16)10-21)22-17(23)11-25-18(24)8-3-12-1-5-14(20)6-2-12/h1-9H,11H2,(H,22,23)/b8-3+. The number of hydrogen-bond donors (Lipinski definition) is 1. The minimum absolute atomic E-state index is 0.208. The average Bonchev–Trinajstić information content (AvgIpc) is 2.59. The number of esters is 1. The summed E-state index contributed by atoms with van der Waals surface area (Å²) >= 11 is 5.86. The molecule has 2 aromatic carbocycles. The maximum Gasteiger partial charge on any atom is 0.331 e. The highest BCUT2D eigenvalue weighted by atomic mass is 35.5. The molecule has 2 rings (SSSR count). The molecular weight excluding hydrogens is 347 g/mol. The number of hydrogen-bond acceptors (Lipinski definition) is 4. The van der Waals surface area contributed by atoms with E-state index in [0.29, 0.717) is 11.3 Å². The van der Waals surface area contributed by atoms with Crippen molar-refractivity contribution in [3.63, 3.8) is 0 Å². The summed E-state index contributed by atoms with van der Waals surface area (Å²) in [6.07, 6.45) is 2.58. The lowest BCUT2D eigenvalue weighted by atomic mass is 10.2. The molecule has 0 aliphatic heterocycles. The molecule has 0 atom stereocenters. The van der Waals surface area contributed by atoms with Crippen LogP contribution < -0.4 is 5.32 Å². The first-order valence-corrected chi connectivity index (χ1v) is 7.45. The molecule has 5 nitrogen and oxygen atoms in total. The van der Waals surface area contributed by atoms with Gasteiger partial charge in [0.05, 0.1) is 10.6 Å². The molecule has 0 spiro atoms. The number of anilines is 1. The maximum atomic E-state index is 12.8. The number of ether oxygens (including phenoxy) is 1. The summed E-state index contributed by atoms with van der Waals surface area (Å²) in [4.78, 5) is 23.3. The number of nitrogens with one attached hydrogen (secondary N) is 1. The summed E-state index contributed by atoms with van der Waals surface area (Å²) in [7, 11) is 0. The highest BCUT2D eigenvalue weighted by Crippen LogP contribution is 2.20. The lowest BCUT2D eigenvalue weighted by Gasteiger charge is -2.06. The summed E-state index contributed by atoms with van der Waals surface area (Å²) in [5, 5.41) is 11.5. The van der Waals surface area contributed by atoms with Gasteiger partial charge in [-0.2, -0.15) is 5.26 Å². The fourth-order valence-corrected chi connectivity index (χ4v) is 2.03. The zero-order valence-electron chi connectivity index (χ0n) is 12.8. The van der Waals surface area contributed by atoms with Crippen molar-refractivity contribution < 1.29 is 18.7 Å². The van der Waals surface area contributed by atoms with E-state index in [9.17, 15) is 14.0 Å². The number of nitrogens with zero attached hydrogens (tertiary/aromatic N) is 1. The molecule has 0 fully saturated rings. The molecule has 0 radical (unpaired) electrons. The van der Waals surface area contributed by atoms with Gasteiger partial charge in [-0.1, -0.05) is 23.7 Å². The van der Waals surface area contributed by atoms with Crippen molar-refractivity contribution in [2.24, 2.45) is 0 Å². The van der Waals surface area contributed by atoms with Gasteiger partial charge >= 0.3 is 5.97 Å². The Kier molecular flexibility index (Phi) is 6.26. The smallest absolute Gasteiger partial charge is 0.331 e. The van der Waals surface area contributed by atoms with Crippen molar-refractivity contribution in [1.82, 2.24) is 0 Å². The molecule has 0 aromatic heterocycles. The lowest BCUT2D eigenvalue weighted by Crippen LogP contribution is -2.20. The van der Waals surface area contributed by atoms with Crippen LogP contribution in [-0.4, -0.2) is 18.5 Å². The largest absolute Gasteiger partial charge is 0.452 e. The van der Waals surface area contributed by atoms with E-state index in [2.05, 4.69) is 5.32 Å². The van der Waals surface area contributed by atoms with Gasteiger partial charge < -0.3 is 10.1 Å². The number of halogens is 2. The van der Waals surface area contributed by atoms with E-state index < -0.39 is 18.5 Å². The Balaban J connectivity index is 1.83. The summed E-state index contributed by atoms with van der Waals surface area (Å²) in [6, 6.07) is 11.8. The Hall–Kier alpha value is -3.17. The highest BCUT2D eigenvalue weighted by Gasteiger charge is 2.07. The molecule has 0 unspecified atom stereocenters. The summed E-state index contributed by atoms with van der Waals surface area (Å²) in [6.45, 7) is -0.482. The van der Waals surface area contributed by atoms with Gasteiger partial charge in [-0.3, -0.25) is 4.79 Å². The number of carbonyl (C=O) groups is 2. The minimum Gasteiger partial charge on any atom is -0.452 e. The van der Waals surface area contributed by atoms with E-state index in [0.717, 1.165) is 6.08 Å². The molecule has 7 heteroatoms. The number of carbonyl (C=O) groups excluding carboxylic acids is 2. The predicted molar refractivity (Wildman–Crippen MR) is 91.2 cm³/mol. The van der Waals surface area contributed by atoms with Crippen molar-refractivity contribution >= 4 is 35.2 Å². The van der Waals surface area contributed by atoms with Gasteiger partial charge in [-0.15, -0.1) is 0 Å². The van der Waals surface area contributed by atoms with Crippen LogP contribution in [0.15, 0.2) is 48.5 Å². The molecule has 0 bridgehead atoms. The second-order valence-electron chi connectivity index (χ2n) is 4.85. The normalized spacial score (nSPS) is 10.3. The summed E-state index contributed by atoms with van der Waals surface area (Å²) in [5.74, 6) is -1.64. The van der Waals surface area contributed by atoms with Crippen LogP contribution in [0.25, 0.3) is 6.08 Å². The lowest BCUT2D eigenvalue weighted by molar-refractivity contribution is -0.142. The molecular formula is C18H12ClFN2O3. The summed E-state index contributed by atoms with van der Waals surface area (Å²) in [5.41, 5.74) is 1.29. The maximum absolute atomic E-state index is 12.8. The Morgan fingerprint density at radius 1 is 1.24 bits per heavy atom. The van der Waals surface area contributed by atoms with Crippen molar-refractivity contribution in [2.75, 3.05) is 11.9 Å². The Morgan fingerprint density at radius 2 is 1.96 bits per heavy atom. The highest BCUT2D eigenvalue weighted by molar-refractivity contribution is 6.32. The van der Waals surface area contributed by atoms with Crippen LogP contribution in [0.4, 0.5) is 10.1 Å². The third kappa shape index (κ3) is 5.75. The molecule has 1 N–H and O–H groups in total. The van der Waals surface area contributed by atoms with Crippen molar-refractivity contribution in [2.45, 2.75) is 0 Å². The van der Waals surface area contributed by atoms with Crippen LogP contribution in [0.5, 0.6) is 0 Å². The van der Waals surface area contributed by atoms with E-state index in [-0.39, 0.29) is 16.4 Å². The van der Waals surface area contributed by atoms with Crippen LogP contribution in [-0.2, 0) is 14.3 Å². The molecule has 2 aromatic rings. The second-order valence-corrected chi connectivity index (χ2v) is 5.25. The topological polar surface area (TPSA) is 79.2 Å². The zero-order valence-corrected chi connectivity index (χ0v) is 13.6. The van der Waals surface area contributed by atoms with Crippen LogP contribution >= 0.6 is 11.6 Å². The molecule has 1 amide bonds. The fraction of sp³-hybridized carbons (Fsp3) is 0.0556. The zero-order chi connectivity index (χ0) is 18.2. The van der Waals surface area contributed by atoms with Gasteiger partial charge in [0.1, 0.15) is 11.9 Å². The number of rotatable bonds is 5. The van der Waals surface area contributed by atoms with Crippen molar-refractivity contribution in [3.05, 3.63) is 70.5 Å². The van der Waals surface area contributed by atoms with E-state index >= 15 is 0 Å². The summed E-state index contributed by atoms with van der Waals surface area (Å²) < 4.78 is 17.6. The SMILES string of the molecule is N#Cc1ccc(NC(=O)COC(=O)/C=C/c2ccc(F)cc2)cc1Cl. The van der Waals surface area contributed by atoms with E-state index in [4.69, 9.17) is 21.6 Å². The van der Waals surface area contributed by atoms with Crippen LogP contribution in [0.2, 0.25) is 5.02 Å². The van der Waals surface area contributed by atoms with E-state index in [1.54, 1.807) is 0 Å². The van der Waals surface area contributed by atoms with Gasteiger partial charge in [-0.25, -0.2) is 9.18 Å². The molecule has 25 heavy (non-hydrogen) atoms. The third-order valence-electron chi connectivity index (χ3n) is 3.00. The van der Waals surface area contributed by atoms with Gasteiger partial charge in [0.15, 0.2) is 6.61 Å². The van der Waals surface area contributed by atoms with Crippen LogP contribution in [0, 0.1) is 17.1 Å². The van der Waals surface area contributed by atoms with Gasteiger partial charge in [0.2, 0.25) is 0 Å². The third-order valence-corrected chi connectivity index (χ3v) is 3.31. The average molecular weight is 359 g/mol. The first-order chi connectivity index (χ1) is 12.0. The number of nitriles is 1. The quantitative estimate of drug-likeness (QED) is 0.655. The molecule has 0 aliphatic rings. The predicted octanol–water partition coefficient (Wildman–Crippen LogP) is 3.55. The van der Waals surface area contributed by atoms with Crippen LogP contribution in [0.1, 0.15) is 11.1 Å². The molecule has 0 heterocycles.